The van der Waals surface area contributed by atoms with Crippen LogP contribution in [0.2, 0.25) is 0 Å². The number of H-pyrrole nitrogens is 1. The maximum atomic E-state index is 12.1. The monoisotopic (exact) mass is 307 g/mol. The first-order valence-electron chi connectivity index (χ1n) is 6.50. The van der Waals surface area contributed by atoms with Crippen molar-refractivity contribution in [1.29, 1.82) is 0 Å². The summed E-state index contributed by atoms with van der Waals surface area (Å²) in [6.45, 7) is -1.36. The minimum absolute atomic E-state index is 0.0787. The number of benzene rings is 1. The van der Waals surface area contributed by atoms with Crippen molar-refractivity contribution in [2.45, 2.75) is 6.18 Å². The lowest BCUT2D eigenvalue weighted by atomic mass is 10.2. The van der Waals surface area contributed by atoms with E-state index in [4.69, 9.17) is 0 Å². The molecule has 22 heavy (non-hydrogen) atoms. The largest absolute Gasteiger partial charge is 0.468 e. The van der Waals surface area contributed by atoms with Crippen LogP contribution in [0.1, 0.15) is 0 Å². The number of fused-ring (bicyclic) bond motifs is 1. The van der Waals surface area contributed by atoms with Crippen LogP contribution in [0.25, 0.3) is 10.9 Å². The Labute approximate surface area is 123 Å². The average molecular weight is 307 g/mol. The third kappa shape index (κ3) is 3.49. The quantitative estimate of drug-likeness (QED) is 0.757. The van der Waals surface area contributed by atoms with Crippen LogP contribution in [0.15, 0.2) is 48.7 Å². The summed E-state index contributed by atoms with van der Waals surface area (Å²) in [5.74, 6) is 0.333. The van der Waals surface area contributed by atoms with E-state index in [0.717, 1.165) is 16.6 Å². The third-order valence-corrected chi connectivity index (χ3v) is 2.93. The molecule has 0 spiro atoms. The van der Waals surface area contributed by atoms with Crippen molar-refractivity contribution in [2.75, 3.05) is 11.9 Å². The van der Waals surface area contributed by atoms with Crippen molar-refractivity contribution in [3.63, 3.8) is 0 Å². The van der Waals surface area contributed by atoms with Crippen LogP contribution in [0, 0.1) is 0 Å². The van der Waals surface area contributed by atoms with Gasteiger partial charge in [0.25, 0.3) is 0 Å². The summed E-state index contributed by atoms with van der Waals surface area (Å²) in [4.78, 5) is 7.08. The molecule has 4 nitrogen and oxygen atoms in total. The van der Waals surface area contributed by atoms with Gasteiger partial charge in [-0.05, 0) is 30.3 Å². The summed E-state index contributed by atoms with van der Waals surface area (Å²) in [5, 5.41) is 4.06. The van der Waals surface area contributed by atoms with E-state index in [9.17, 15) is 13.2 Å². The summed E-state index contributed by atoms with van der Waals surface area (Å²) in [6, 6.07) is 12.2. The second-order valence-electron chi connectivity index (χ2n) is 4.67. The molecule has 2 aromatic heterocycles. The van der Waals surface area contributed by atoms with E-state index in [1.165, 1.54) is 6.07 Å². The fraction of sp³-hybridized carbons (Fsp3) is 0.133. The molecular formula is C15H12F3N3O. The van der Waals surface area contributed by atoms with Crippen molar-refractivity contribution in [2.24, 2.45) is 0 Å². The minimum Gasteiger partial charge on any atom is -0.468 e. The van der Waals surface area contributed by atoms with Gasteiger partial charge < -0.3 is 15.0 Å². The lowest BCUT2D eigenvalue weighted by Crippen LogP contribution is -2.19. The zero-order valence-electron chi connectivity index (χ0n) is 11.3. The molecule has 0 aliphatic carbocycles. The molecule has 0 saturated heterocycles. The van der Waals surface area contributed by atoms with Crippen LogP contribution < -0.4 is 10.1 Å². The number of rotatable bonds is 4. The fourth-order valence-corrected chi connectivity index (χ4v) is 2.00. The Kier molecular flexibility index (Phi) is 3.62. The summed E-state index contributed by atoms with van der Waals surface area (Å²) >= 11 is 0. The van der Waals surface area contributed by atoms with E-state index < -0.39 is 12.8 Å². The number of halogens is 3. The Hall–Kier alpha value is -2.70. The molecule has 0 amide bonds. The van der Waals surface area contributed by atoms with Crippen LogP contribution in [0.3, 0.4) is 0 Å². The molecule has 0 aliphatic heterocycles. The molecule has 114 valence electrons. The first kappa shape index (κ1) is 14.2. The molecule has 2 N–H and O–H groups in total. The Morgan fingerprint density at radius 3 is 2.82 bits per heavy atom. The molecule has 2 heterocycles. The number of aromatic amines is 1. The fourth-order valence-electron chi connectivity index (χ4n) is 2.00. The molecular weight excluding hydrogens is 295 g/mol. The number of ether oxygens (including phenoxy) is 1. The van der Waals surface area contributed by atoms with E-state index in [-0.39, 0.29) is 5.88 Å². The van der Waals surface area contributed by atoms with Crippen molar-refractivity contribution < 1.29 is 17.9 Å². The summed E-state index contributed by atoms with van der Waals surface area (Å²) in [5.41, 5.74) is 1.79. The van der Waals surface area contributed by atoms with Crippen LogP contribution in [0.4, 0.5) is 24.7 Å². The average Bonchev–Trinajstić information content (AvgIpc) is 2.92. The predicted molar refractivity (Wildman–Crippen MR) is 77.4 cm³/mol. The second kappa shape index (κ2) is 5.59. The number of hydrogen-bond acceptors (Lipinski definition) is 3. The molecule has 3 aromatic rings. The van der Waals surface area contributed by atoms with Gasteiger partial charge in [-0.25, -0.2) is 0 Å². The summed E-state index contributed by atoms with van der Waals surface area (Å²) in [6.07, 6.45) is -2.55. The molecule has 7 heteroatoms. The van der Waals surface area contributed by atoms with Gasteiger partial charge >= 0.3 is 6.18 Å². The van der Waals surface area contributed by atoms with Crippen LogP contribution >= 0.6 is 0 Å². The van der Waals surface area contributed by atoms with Gasteiger partial charge in [0.05, 0.1) is 0 Å². The Morgan fingerprint density at radius 1 is 1.14 bits per heavy atom. The summed E-state index contributed by atoms with van der Waals surface area (Å²) < 4.78 is 41.0. The number of hydrogen-bond donors (Lipinski definition) is 2. The van der Waals surface area contributed by atoms with Crippen molar-refractivity contribution in [3.8, 4) is 5.88 Å². The molecule has 0 bridgehead atoms. The first-order valence-corrected chi connectivity index (χ1v) is 6.50. The molecule has 0 atom stereocenters. The van der Waals surface area contributed by atoms with Crippen LogP contribution in [-0.2, 0) is 0 Å². The molecule has 0 radical (unpaired) electrons. The Morgan fingerprint density at radius 2 is 2.00 bits per heavy atom. The van der Waals surface area contributed by atoms with Gasteiger partial charge in [0.15, 0.2) is 6.61 Å². The van der Waals surface area contributed by atoms with E-state index in [2.05, 4.69) is 20.0 Å². The van der Waals surface area contributed by atoms with E-state index in [1.54, 1.807) is 12.1 Å². The van der Waals surface area contributed by atoms with E-state index >= 15 is 0 Å². The molecule has 0 unspecified atom stereocenters. The van der Waals surface area contributed by atoms with Gasteiger partial charge in [0.1, 0.15) is 5.82 Å². The highest BCUT2D eigenvalue weighted by Crippen LogP contribution is 2.22. The van der Waals surface area contributed by atoms with Crippen molar-refractivity contribution in [1.82, 2.24) is 9.97 Å². The van der Waals surface area contributed by atoms with Gasteiger partial charge in [-0.1, -0.05) is 6.07 Å². The highest BCUT2D eigenvalue weighted by Gasteiger charge is 2.28. The normalized spacial score (nSPS) is 11.6. The van der Waals surface area contributed by atoms with Crippen LogP contribution in [-0.4, -0.2) is 22.8 Å². The highest BCUT2D eigenvalue weighted by atomic mass is 19.4. The van der Waals surface area contributed by atoms with Gasteiger partial charge in [-0.15, -0.1) is 0 Å². The molecule has 0 saturated carbocycles. The maximum Gasteiger partial charge on any atom is 0.422 e. The number of pyridine rings is 1. The van der Waals surface area contributed by atoms with Gasteiger partial charge in [0.2, 0.25) is 5.88 Å². The number of nitrogens with one attached hydrogen (secondary N) is 2. The number of anilines is 2. The molecule has 1 aromatic carbocycles. The number of alkyl halides is 3. The lowest BCUT2D eigenvalue weighted by molar-refractivity contribution is -0.154. The van der Waals surface area contributed by atoms with Crippen molar-refractivity contribution in [3.05, 3.63) is 48.7 Å². The third-order valence-electron chi connectivity index (χ3n) is 2.93. The smallest absolute Gasteiger partial charge is 0.422 e. The predicted octanol–water partition coefficient (Wildman–Crippen LogP) is 4.25. The Balaban J connectivity index is 1.74. The highest BCUT2D eigenvalue weighted by molar-refractivity contribution is 5.83. The van der Waals surface area contributed by atoms with Gasteiger partial charge in [-0.2, -0.15) is 18.2 Å². The minimum atomic E-state index is -4.38. The second-order valence-corrected chi connectivity index (χ2v) is 4.67. The Bertz CT molecular complexity index is 783. The van der Waals surface area contributed by atoms with Crippen LogP contribution in [0.5, 0.6) is 5.88 Å². The van der Waals surface area contributed by atoms with Crippen molar-refractivity contribution >= 4 is 22.4 Å². The standard InChI is InChI=1S/C15H12F3N3O/c16-15(17,18)9-22-14-3-1-2-13(21-14)20-11-4-5-12-10(8-11)6-7-19-12/h1-8,19H,9H2,(H,20,21). The molecule has 0 fully saturated rings. The zero-order chi connectivity index (χ0) is 15.6. The molecule has 0 aliphatic rings. The maximum absolute atomic E-state index is 12.1. The van der Waals surface area contributed by atoms with Gasteiger partial charge in [-0.3, -0.25) is 0 Å². The topological polar surface area (TPSA) is 49.9 Å². The van der Waals surface area contributed by atoms with E-state index in [0.29, 0.717) is 5.82 Å². The van der Waals surface area contributed by atoms with Gasteiger partial charge in [0, 0.05) is 28.9 Å². The lowest BCUT2D eigenvalue weighted by Gasteiger charge is -2.10. The first-order chi connectivity index (χ1) is 10.5. The summed E-state index contributed by atoms with van der Waals surface area (Å²) in [7, 11) is 0. The number of nitrogens with zero attached hydrogens (tertiary/aromatic N) is 1. The zero-order valence-corrected chi connectivity index (χ0v) is 11.3. The number of aromatic nitrogens is 2. The SMILES string of the molecule is FC(F)(F)COc1cccc(Nc2ccc3[nH]ccc3c2)n1. The molecule has 3 rings (SSSR count). The van der Waals surface area contributed by atoms with E-state index in [1.807, 2.05) is 30.5 Å².